The van der Waals surface area contributed by atoms with E-state index in [9.17, 15) is 14.0 Å². The van der Waals surface area contributed by atoms with E-state index in [0.29, 0.717) is 40.0 Å². The summed E-state index contributed by atoms with van der Waals surface area (Å²) in [7, 11) is 1.31. The summed E-state index contributed by atoms with van der Waals surface area (Å²) in [6, 6.07) is 13.1. The molecule has 0 fully saturated rings. The zero-order valence-electron chi connectivity index (χ0n) is 18.0. The molecule has 0 bridgehead atoms. The van der Waals surface area contributed by atoms with Gasteiger partial charge in [0.05, 0.1) is 24.2 Å². The second-order valence-electron chi connectivity index (χ2n) is 6.79. The number of nitrogens with zero attached hydrogens (tertiary/aromatic N) is 3. The molecule has 0 unspecified atom stereocenters. The van der Waals surface area contributed by atoms with Crippen molar-refractivity contribution in [2.75, 3.05) is 18.2 Å². The number of esters is 1. The molecule has 172 valence electrons. The molecule has 0 aliphatic rings. The molecular formula is C23H23FN4O3S2. The predicted molar refractivity (Wildman–Crippen MR) is 129 cm³/mol. The quantitative estimate of drug-likeness (QED) is 0.242. The van der Waals surface area contributed by atoms with E-state index in [2.05, 4.69) is 26.8 Å². The summed E-state index contributed by atoms with van der Waals surface area (Å²) in [6.45, 7) is 4.28. The maximum absolute atomic E-state index is 13.8. The van der Waals surface area contributed by atoms with Gasteiger partial charge in [-0.2, -0.15) is 0 Å². The van der Waals surface area contributed by atoms with Crippen molar-refractivity contribution in [3.63, 3.8) is 0 Å². The number of ether oxygens (including phenoxy) is 1. The molecule has 10 heteroatoms. The lowest BCUT2D eigenvalue weighted by atomic mass is 10.2. The summed E-state index contributed by atoms with van der Waals surface area (Å²) in [5, 5.41) is 11.8. The molecule has 33 heavy (non-hydrogen) atoms. The van der Waals surface area contributed by atoms with E-state index >= 15 is 0 Å². The van der Waals surface area contributed by atoms with Crippen molar-refractivity contribution in [2.45, 2.75) is 23.2 Å². The fourth-order valence-corrected chi connectivity index (χ4v) is 4.57. The van der Waals surface area contributed by atoms with Crippen LogP contribution in [-0.2, 0) is 27.6 Å². The minimum Gasteiger partial charge on any atom is -0.465 e. The third-order valence-corrected chi connectivity index (χ3v) is 6.42. The maximum atomic E-state index is 13.8. The number of hydrogen-bond donors (Lipinski definition) is 1. The summed E-state index contributed by atoms with van der Waals surface area (Å²) in [5.74, 6) is 1.07. The number of rotatable bonds is 11. The number of benzene rings is 2. The molecule has 3 rings (SSSR count). The first-order valence-corrected chi connectivity index (χ1v) is 12.1. The molecule has 0 saturated carbocycles. The first kappa shape index (κ1) is 24.5. The molecule has 1 heterocycles. The Labute approximate surface area is 199 Å². The van der Waals surface area contributed by atoms with E-state index < -0.39 is 5.97 Å². The molecule has 1 amide bonds. The van der Waals surface area contributed by atoms with E-state index in [0.717, 1.165) is 5.82 Å². The molecule has 1 aromatic heterocycles. The number of hydrogen-bond acceptors (Lipinski definition) is 7. The largest absolute Gasteiger partial charge is 0.465 e. The van der Waals surface area contributed by atoms with Gasteiger partial charge in [-0.1, -0.05) is 36.0 Å². The Hall–Kier alpha value is -3.11. The van der Waals surface area contributed by atoms with Gasteiger partial charge < -0.3 is 14.6 Å². The van der Waals surface area contributed by atoms with Crippen LogP contribution in [0.3, 0.4) is 0 Å². The maximum Gasteiger partial charge on any atom is 0.337 e. The van der Waals surface area contributed by atoms with E-state index in [-0.39, 0.29) is 17.5 Å². The van der Waals surface area contributed by atoms with Crippen molar-refractivity contribution in [1.82, 2.24) is 14.8 Å². The van der Waals surface area contributed by atoms with Gasteiger partial charge >= 0.3 is 5.97 Å². The highest BCUT2D eigenvalue weighted by Crippen LogP contribution is 2.23. The Bertz CT molecular complexity index is 1120. The highest BCUT2D eigenvalue weighted by molar-refractivity contribution is 7.99. The van der Waals surface area contributed by atoms with Crippen LogP contribution in [0.5, 0.6) is 0 Å². The molecule has 0 atom stereocenters. The van der Waals surface area contributed by atoms with Crippen LogP contribution in [0, 0.1) is 5.82 Å². The number of carbonyl (C=O) groups excluding carboxylic acids is 2. The van der Waals surface area contributed by atoms with Crippen molar-refractivity contribution in [3.8, 4) is 0 Å². The van der Waals surface area contributed by atoms with Crippen molar-refractivity contribution in [2.24, 2.45) is 0 Å². The summed E-state index contributed by atoms with van der Waals surface area (Å²) in [5.41, 5.74) is 1.62. The highest BCUT2D eigenvalue weighted by Gasteiger charge is 2.14. The average Bonchev–Trinajstić information content (AvgIpc) is 3.20. The van der Waals surface area contributed by atoms with Crippen molar-refractivity contribution < 1.29 is 18.7 Å². The lowest BCUT2D eigenvalue weighted by Crippen LogP contribution is -2.15. The minimum atomic E-state index is -0.437. The Morgan fingerprint density at radius 3 is 2.61 bits per heavy atom. The Morgan fingerprint density at radius 2 is 1.91 bits per heavy atom. The van der Waals surface area contributed by atoms with E-state index in [1.54, 1.807) is 42.5 Å². The lowest BCUT2D eigenvalue weighted by Gasteiger charge is -2.09. The summed E-state index contributed by atoms with van der Waals surface area (Å²) < 4.78 is 20.4. The van der Waals surface area contributed by atoms with Gasteiger partial charge in [0, 0.05) is 18.0 Å². The van der Waals surface area contributed by atoms with Gasteiger partial charge in [-0.25, -0.2) is 9.18 Å². The number of nitrogens with one attached hydrogen (secondary N) is 1. The number of carbonyl (C=O) groups is 2. The fourth-order valence-electron chi connectivity index (χ4n) is 2.85. The van der Waals surface area contributed by atoms with Crippen LogP contribution in [0.2, 0.25) is 0 Å². The van der Waals surface area contributed by atoms with E-state index in [1.807, 2.05) is 10.6 Å². The summed E-state index contributed by atoms with van der Waals surface area (Å²) >= 11 is 2.80. The van der Waals surface area contributed by atoms with Crippen LogP contribution >= 0.6 is 23.5 Å². The van der Waals surface area contributed by atoms with Crippen LogP contribution in [0.4, 0.5) is 10.1 Å². The Morgan fingerprint density at radius 1 is 1.15 bits per heavy atom. The molecule has 2 aromatic carbocycles. The van der Waals surface area contributed by atoms with Crippen molar-refractivity contribution >= 4 is 41.1 Å². The van der Waals surface area contributed by atoms with Crippen molar-refractivity contribution in [3.05, 3.63) is 84.0 Å². The SMILES string of the molecule is C=CCn1c(CSCc2ccccc2F)nnc1SCC(=O)Nc1ccc(C(=O)OC)cc1. The normalized spacial score (nSPS) is 10.6. The Kier molecular flexibility index (Phi) is 9.08. The van der Waals surface area contributed by atoms with Crippen LogP contribution < -0.4 is 5.32 Å². The van der Waals surface area contributed by atoms with E-state index in [4.69, 9.17) is 0 Å². The Balaban J connectivity index is 1.55. The second-order valence-corrected chi connectivity index (χ2v) is 8.72. The van der Waals surface area contributed by atoms with Crippen LogP contribution in [-0.4, -0.2) is 39.5 Å². The van der Waals surface area contributed by atoms with Crippen molar-refractivity contribution in [1.29, 1.82) is 0 Å². The topological polar surface area (TPSA) is 86.1 Å². The first-order valence-electron chi connectivity index (χ1n) is 9.97. The monoisotopic (exact) mass is 486 g/mol. The number of anilines is 1. The van der Waals surface area contributed by atoms with Gasteiger partial charge in [0.25, 0.3) is 0 Å². The van der Waals surface area contributed by atoms with Gasteiger partial charge in [0.2, 0.25) is 5.91 Å². The zero-order valence-corrected chi connectivity index (χ0v) is 19.6. The van der Waals surface area contributed by atoms with Crippen LogP contribution in [0.15, 0.2) is 66.3 Å². The van der Waals surface area contributed by atoms with Crippen LogP contribution in [0.1, 0.15) is 21.7 Å². The van der Waals surface area contributed by atoms with Gasteiger partial charge in [-0.05, 0) is 35.9 Å². The third-order valence-electron chi connectivity index (χ3n) is 4.47. The molecular weight excluding hydrogens is 463 g/mol. The third kappa shape index (κ3) is 6.93. The number of thioether (sulfide) groups is 2. The van der Waals surface area contributed by atoms with Gasteiger partial charge in [-0.15, -0.1) is 28.5 Å². The minimum absolute atomic E-state index is 0.135. The summed E-state index contributed by atoms with van der Waals surface area (Å²) in [4.78, 5) is 23.8. The zero-order chi connectivity index (χ0) is 23.6. The highest BCUT2D eigenvalue weighted by atomic mass is 32.2. The summed E-state index contributed by atoms with van der Waals surface area (Å²) in [6.07, 6.45) is 1.74. The predicted octanol–water partition coefficient (Wildman–Crippen LogP) is 4.55. The van der Waals surface area contributed by atoms with Gasteiger partial charge in [-0.3, -0.25) is 4.79 Å². The number of methoxy groups -OCH3 is 1. The number of aromatic nitrogens is 3. The molecule has 3 aromatic rings. The fraction of sp³-hybridized carbons (Fsp3) is 0.217. The molecule has 1 N–H and O–H groups in total. The first-order chi connectivity index (χ1) is 16.0. The molecule has 0 aliphatic heterocycles. The number of halogens is 1. The standard InChI is InChI=1S/C23H23FN4O3S2/c1-3-12-28-20(14-32-13-17-6-4-5-7-19(17)24)26-27-23(28)33-15-21(29)25-18-10-8-16(9-11-18)22(30)31-2/h3-11H,1,12-15H2,2H3,(H,25,29). The molecule has 0 saturated heterocycles. The van der Waals surface area contributed by atoms with Gasteiger partial charge in [0.15, 0.2) is 5.16 Å². The second kappa shape index (κ2) is 12.2. The number of allylic oxidation sites excluding steroid dienone is 1. The molecule has 0 spiro atoms. The molecule has 7 nitrogen and oxygen atoms in total. The van der Waals surface area contributed by atoms with E-state index in [1.165, 1.54) is 36.7 Å². The average molecular weight is 487 g/mol. The number of amides is 1. The molecule has 0 radical (unpaired) electrons. The van der Waals surface area contributed by atoms with Crippen LogP contribution in [0.25, 0.3) is 0 Å². The lowest BCUT2D eigenvalue weighted by molar-refractivity contribution is -0.113. The smallest absolute Gasteiger partial charge is 0.337 e. The molecule has 0 aliphatic carbocycles. The van der Waals surface area contributed by atoms with Gasteiger partial charge in [0.1, 0.15) is 11.6 Å².